The molecule has 2 aromatic carbocycles. The molecule has 0 atom stereocenters. The molecule has 1 amide bonds. The zero-order chi connectivity index (χ0) is 16.2. The molecule has 23 heavy (non-hydrogen) atoms. The van der Waals surface area contributed by atoms with E-state index >= 15 is 0 Å². The normalized spacial score (nSPS) is 10.3. The number of carbonyl (C=O) groups excluding carboxylic acids is 1. The molecule has 3 nitrogen and oxygen atoms in total. The molecule has 3 rings (SSSR count). The number of carbonyl (C=O) groups is 1. The van der Waals surface area contributed by atoms with E-state index in [0.29, 0.717) is 16.3 Å². The molecule has 0 bridgehead atoms. The van der Waals surface area contributed by atoms with Crippen molar-refractivity contribution in [2.45, 2.75) is 0 Å². The van der Waals surface area contributed by atoms with Crippen molar-refractivity contribution in [1.29, 1.82) is 0 Å². The summed E-state index contributed by atoms with van der Waals surface area (Å²) < 4.78 is 0. The van der Waals surface area contributed by atoms with Gasteiger partial charge in [-0.05, 0) is 47.5 Å². The van der Waals surface area contributed by atoms with E-state index in [1.807, 2.05) is 48.5 Å². The molecule has 0 saturated heterocycles. The minimum atomic E-state index is -0.289. The van der Waals surface area contributed by atoms with E-state index in [1.54, 1.807) is 18.3 Å². The van der Waals surface area contributed by atoms with Crippen LogP contribution in [0.4, 0.5) is 5.69 Å². The Hall–Kier alpha value is -2.36. The van der Waals surface area contributed by atoms with Crippen LogP contribution in [-0.4, -0.2) is 10.9 Å². The van der Waals surface area contributed by atoms with Crippen LogP contribution in [0.15, 0.2) is 66.9 Å². The van der Waals surface area contributed by atoms with Crippen LogP contribution in [0.1, 0.15) is 10.4 Å². The maximum Gasteiger partial charge on any atom is 0.258 e. The van der Waals surface area contributed by atoms with Crippen LogP contribution in [0.3, 0.4) is 0 Å². The number of anilines is 1. The Morgan fingerprint density at radius 1 is 0.870 bits per heavy atom. The molecular formula is C18H12Cl2N2O. The van der Waals surface area contributed by atoms with Crippen LogP contribution in [0.5, 0.6) is 0 Å². The molecule has 0 aliphatic heterocycles. The lowest BCUT2D eigenvalue weighted by molar-refractivity contribution is 0.102. The van der Waals surface area contributed by atoms with Crippen molar-refractivity contribution in [2.24, 2.45) is 0 Å². The van der Waals surface area contributed by atoms with Crippen molar-refractivity contribution >= 4 is 34.8 Å². The molecule has 3 aromatic rings. The number of aromatic nitrogens is 1. The lowest BCUT2D eigenvalue weighted by atomic mass is 10.1. The fourth-order valence-electron chi connectivity index (χ4n) is 2.14. The van der Waals surface area contributed by atoms with Crippen LogP contribution in [0.25, 0.3) is 11.1 Å². The fraction of sp³-hybridized carbons (Fsp3) is 0. The quantitative estimate of drug-likeness (QED) is 0.655. The largest absolute Gasteiger partial charge is 0.322 e. The average Bonchev–Trinajstić information content (AvgIpc) is 2.57. The van der Waals surface area contributed by atoms with Crippen molar-refractivity contribution < 1.29 is 4.79 Å². The number of pyridine rings is 1. The minimum absolute atomic E-state index is 0.183. The highest BCUT2D eigenvalue weighted by Gasteiger charge is 2.10. The molecule has 114 valence electrons. The van der Waals surface area contributed by atoms with Gasteiger partial charge in [0.15, 0.2) is 0 Å². The van der Waals surface area contributed by atoms with Gasteiger partial charge < -0.3 is 5.32 Å². The molecule has 5 heteroatoms. The fourth-order valence-corrected chi connectivity index (χ4v) is 2.47. The van der Waals surface area contributed by atoms with Gasteiger partial charge in [-0.2, -0.15) is 0 Å². The third-order valence-corrected chi connectivity index (χ3v) is 3.88. The van der Waals surface area contributed by atoms with Gasteiger partial charge in [0.1, 0.15) is 5.15 Å². The smallest absolute Gasteiger partial charge is 0.258 e. The maximum absolute atomic E-state index is 12.2. The first-order valence-electron chi connectivity index (χ1n) is 6.91. The summed E-state index contributed by atoms with van der Waals surface area (Å²) in [4.78, 5) is 16.1. The summed E-state index contributed by atoms with van der Waals surface area (Å²) in [5.41, 5.74) is 3.13. The molecule has 0 aliphatic carbocycles. The number of halogens is 2. The first-order chi connectivity index (χ1) is 11.1. The van der Waals surface area contributed by atoms with Gasteiger partial charge in [-0.3, -0.25) is 4.79 Å². The standard InChI is InChI=1S/C18H12Cl2N2O/c19-14-7-3-12(4-8-14)13-5-9-15(10-6-13)22-18(23)16-2-1-11-21-17(16)20/h1-11H,(H,22,23). The SMILES string of the molecule is O=C(Nc1ccc(-c2ccc(Cl)cc2)cc1)c1cccnc1Cl. The van der Waals surface area contributed by atoms with Gasteiger partial charge in [-0.1, -0.05) is 47.5 Å². The van der Waals surface area contributed by atoms with Gasteiger partial charge in [-0.15, -0.1) is 0 Å². The highest BCUT2D eigenvalue weighted by molar-refractivity contribution is 6.33. The number of hydrogen-bond acceptors (Lipinski definition) is 2. The number of benzene rings is 2. The lowest BCUT2D eigenvalue weighted by Gasteiger charge is -2.07. The van der Waals surface area contributed by atoms with Crippen molar-refractivity contribution in [3.05, 3.63) is 82.6 Å². The summed E-state index contributed by atoms with van der Waals surface area (Å²) in [6.07, 6.45) is 1.54. The van der Waals surface area contributed by atoms with Crippen molar-refractivity contribution in [2.75, 3.05) is 5.32 Å². The Balaban J connectivity index is 1.76. The predicted molar refractivity (Wildman–Crippen MR) is 94.1 cm³/mol. The van der Waals surface area contributed by atoms with E-state index in [1.165, 1.54) is 0 Å². The molecule has 0 spiro atoms. The summed E-state index contributed by atoms with van der Waals surface area (Å²) in [5, 5.41) is 3.69. The second-order valence-electron chi connectivity index (χ2n) is 4.88. The highest BCUT2D eigenvalue weighted by Crippen LogP contribution is 2.23. The first kappa shape index (κ1) is 15.5. The third-order valence-electron chi connectivity index (χ3n) is 3.32. The topological polar surface area (TPSA) is 42.0 Å². The molecular weight excluding hydrogens is 331 g/mol. The Morgan fingerprint density at radius 2 is 1.48 bits per heavy atom. The lowest BCUT2D eigenvalue weighted by Crippen LogP contribution is -2.12. The maximum atomic E-state index is 12.2. The van der Waals surface area contributed by atoms with Crippen LogP contribution in [0, 0.1) is 0 Å². The number of amides is 1. The second-order valence-corrected chi connectivity index (χ2v) is 5.67. The summed E-state index contributed by atoms with van der Waals surface area (Å²) in [5.74, 6) is -0.289. The molecule has 0 unspecified atom stereocenters. The van der Waals surface area contributed by atoms with Crippen LogP contribution in [-0.2, 0) is 0 Å². The zero-order valence-corrected chi connectivity index (χ0v) is 13.5. The molecule has 1 aromatic heterocycles. The predicted octanol–water partition coefficient (Wildman–Crippen LogP) is 5.31. The average molecular weight is 343 g/mol. The summed E-state index contributed by atoms with van der Waals surface area (Å²) in [6, 6.07) is 18.4. The van der Waals surface area contributed by atoms with Gasteiger partial charge in [-0.25, -0.2) is 4.98 Å². The van der Waals surface area contributed by atoms with E-state index in [0.717, 1.165) is 11.1 Å². The molecule has 0 aliphatic rings. The second kappa shape index (κ2) is 6.82. The third kappa shape index (κ3) is 3.70. The number of nitrogens with zero attached hydrogens (tertiary/aromatic N) is 1. The van der Waals surface area contributed by atoms with E-state index < -0.39 is 0 Å². The summed E-state index contributed by atoms with van der Waals surface area (Å²) >= 11 is 11.8. The van der Waals surface area contributed by atoms with Gasteiger partial charge >= 0.3 is 0 Å². The summed E-state index contributed by atoms with van der Waals surface area (Å²) in [6.45, 7) is 0. The van der Waals surface area contributed by atoms with Crippen molar-refractivity contribution in [1.82, 2.24) is 4.98 Å². The van der Waals surface area contributed by atoms with Crippen LogP contribution in [0.2, 0.25) is 10.2 Å². The molecule has 1 N–H and O–H groups in total. The number of hydrogen-bond donors (Lipinski definition) is 1. The minimum Gasteiger partial charge on any atom is -0.322 e. The zero-order valence-electron chi connectivity index (χ0n) is 12.0. The van der Waals surface area contributed by atoms with Gasteiger partial charge in [0.25, 0.3) is 5.91 Å². The van der Waals surface area contributed by atoms with Crippen LogP contribution < -0.4 is 5.32 Å². The van der Waals surface area contributed by atoms with E-state index in [-0.39, 0.29) is 11.1 Å². The van der Waals surface area contributed by atoms with Gasteiger partial charge in [0, 0.05) is 16.9 Å². The Bertz CT molecular complexity index is 830. The van der Waals surface area contributed by atoms with Crippen molar-refractivity contribution in [3.8, 4) is 11.1 Å². The molecule has 0 fully saturated rings. The van der Waals surface area contributed by atoms with E-state index in [4.69, 9.17) is 23.2 Å². The van der Waals surface area contributed by atoms with Crippen molar-refractivity contribution in [3.63, 3.8) is 0 Å². The molecule has 0 saturated carbocycles. The summed E-state index contributed by atoms with van der Waals surface area (Å²) in [7, 11) is 0. The molecule has 1 heterocycles. The van der Waals surface area contributed by atoms with E-state index in [2.05, 4.69) is 10.3 Å². The van der Waals surface area contributed by atoms with E-state index in [9.17, 15) is 4.79 Å². The highest BCUT2D eigenvalue weighted by atomic mass is 35.5. The number of rotatable bonds is 3. The number of nitrogens with one attached hydrogen (secondary N) is 1. The first-order valence-corrected chi connectivity index (χ1v) is 7.67. The Labute approximate surface area is 143 Å². The Kier molecular flexibility index (Phi) is 4.60. The Morgan fingerprint density at radius 3 is 2.09 bits per heavy atom. The van der Waals surface area contributed by atoms with Gasteiger partial charge in [0.05, 0.1) is 5.56 Å². The molecule has 0 radical (unpaired) electrons. The monoisotopic (exact) mass is 342 g/mol. The van der Waals surface area contributed by atoms with Gasteiger partial charge in [0.2, 0.25) is 0 Å². The van der Waals surface area contributed by atoms with Crippen LogP contribution >= 0.6 is 23.2 Å².